The summed E-state index contributed by atoms with van der Waals surface area (Å²) < 4.78 is 5.92. The van der Waals surface area contributed by atoms with Crippen LogP contribution in [0.1, 0.15) is 52.4 Å². The number of ether oxygens (including phenoxy) is 1. The molecular weight excluding hydrogens is 226 g/mol. The van der Waals surface area contributed by atoms with Gasteiger partial charge in [0.05, 0.1) is 11.7 Å². The van der Waals surface area contributed by atoms with Crippen LogP contribution in [0.5, 0.6) is 0 Å². The van der Waals surface area contributed by atoms with Gasteiger partial charge in [-0.25, -0.2) is 0 Å². The zero-order chi connectivity index (χ0) is 12.8. The van der Waals surface area contributed by atoms with Gasteiger partial charge in [0, 0.05) is 30.5 Å². The highest BCUT2D eigenvalue weighted by molar-refractivity contribution is 5.18. The third kappa shape index (κ3) is 1.67. The van der Waals surface area contributed by atoms with Gasteiger partial charge in [0.25, 0.3) is 0 Å². The molecule has 3 unspecified atom stereocenters. The van der Waals surface area contributed by atoms with Crippen LogP contribution in [0.15, 0.2) is 0 Å². The van der Waals surface area contributed by atoms with E-state index in [0.29, 0.717) is 23.5 Å². The van der Waals surface area contributed by atoms with Crippen molar-refractivity contribution in [1.29, 1.82) is 0 Å². The quantitative estimate of drug-likeness (QED) is 0.788. The van der Waals surface area contributed by atoms with Crippen LogP contribution in [-0.2, 0) is 4.74 Å². The molecule has 2 aliphatic carbocycles. The average molecular weight is 253 g/mol. The summed E-state index contributed by atoms with van der Waals surface area (Å²) in [4.78, 5) is 0. The number of fused-ring (bicyclic) bond motifs is 2. The summed E-state index contributed by atoms with van der Waals surface area (Å²) in [6, 6.07) is 0.600. The van der Waals surface area contributed by atoms with Gasteiger partial charge >= 0.3 is 0 Å². The molecule has 3 heteroatoms. The predicted octanol–water partition coefficient (Wildman–Crippen LogP) is 2.08. The fourth-order valence-corrected chi connectivity index (χ4v) is 4.36. The van der Waals surface area contributed by atoms with Gasteiger partial charge < -0.3 is 15.2 Å². The van der Waals surface area contributed by atoms with E-state index in [-0.39, 0.29) is 0 Å². The van der Waals surface area contributed by atoms with E-state index in [1.807, 2.05) is 0 Å². The molecule has 1 aliphatic heterocycles. The van der Waals surface area contributed by atoms with Crippen LogP contribution in [0.25, 0.3) is 0 Å². The predicted molar refractivity (Wildman–Crippen MR) is 71.5 cm³/mol. The number of nitrogens with one attached hydrogen (secondary N) is 1. The molecule has 0 amide bonds. The lowest BCUT2D eigenvalue weighted by molar-refractivity contribution is -0.179. The van der Waals surface area contributed by atoms with Gasteiger partial charge in [-0.05, 0) is 32.1 Å². The first kappa shape index (κ1) is 12.9. The van der Waals surface area contributed by atoms with Gasteiger partial charge in [0.2, 0.25) is 0 Å². The van der Waals surface area contributed by atoms with Crippen LogP contribution in [-0.4, -0.2) is 36.0 Å². The Balaban J connectivity index is 1.62. The topological polar surface area (TPSA) is 41.5 Å². The molecule has 1 heterocycles. The highest BCUT2D eigenvalue weighted by Crippen LogP contribution is 2.62. The first-order chi connectivity index (χ1) is 8.65. The van der Waals surface area contributed by atoms with E-state index in [1.54, 1.807) is 0 Å². The molecule has 1 saturated heterocycles. The molecular formula is C15H27NO2. The summed E-state index contributed by atoms with van der Waals surface area (Å²) >= 11 is 0. The summed E-state index contributed by atoms with van der Waals surface area (Å²) in [5.74, 6) is 0.711. The summed E-state index contributed by atoms with van der Waals surface area (Å²) in [5, 5.41) is 14.1. The lowest BCUT2D eigenvalue weighted by atomic mass is 9.46. The van der Waals surface area contributed by atoms with Crippen molar-refractivity contribution in [2.24, 2.45) is 11.3 Å². The summed E-state index contributed by atoms with van der Waals surface area (Å²) in [5.41, 5.74) is -0.0843. The lowest BCUT2D eigenvalue weighted by Crippen LogP contribution is -2.72. The van der Waals surface area contributed by atoms with Crippen LogP contribution in [0.3, 0.4) is 0 Å². The van der Waals surface area contributed by atoms with Gasteiger partial charge in [-0.3, -0.25) is 0 Å². The number of aliphatic hydroxyl groups is 1. The smallest absolute Gasteiger partial charge is 0.0766 e. The van der Waals surface area contributed by atoms with E-state index in [4.69, 9.17) is 4.74 Å². The second-order valence-electron chi connectivity index (χ2n) is 6.62. The monoisotopic (exact) mass is 253 g/mol. The standard InChI is InChI=1S/C15H27NO2/c1-3-14(17,4-2)10-16-12-11-6-9-18-13(11)15(12)7-5-8-15/h11-13,16-17H,3-10H2,1-2H3. The highest BCUT2D eigenvalue weighted by atomic mass is 16.5. The molecule has 0 aromatic carbocycles. The molecule has 1 spiro atoms. The van der Waals surface area contributed by atoms with Crippen molar-refractivity contribution in [3.8, 4) is 0 Å². The van der Waals surface area contributed by atoms with Gasteiger partial charge in [0.15, 0.2) is 0 Å². The normalized spacial score (nSPS) is 37.2. The van der Waals surface area contributed by atoms with Crippen molar-refractivity contribution in [2.45, 2.75) is 70.1 Å². The van der Waals surface area contributed by atoms with Crippen LogP contribution < -0.4 is 5.32 Å². The maximum absolute atomic E-state index is 10.4. The molecule has 2 saturated carbocycles. The largest absolute Gasteiger partial charge is 0.389 e. The van der Waals surface area contributed by atoms with Crippen molar-refractivity contribution in [2.75, 3.05) is 13.2 Å². The maximum Gasteiger partial charge on any atom is 0.0766 e. The zero-order valence-electron chi connectivity index (χ0n) is 11.7. The van der Waals surface area contributed by atoms with Gasteiger partial charge in [-0.15, -0.1) is 0 Å². The fraction of sp³-hybridized carbons (Fsp3) is 1.00. The number of hydrogen-bond acceptors (Lipinski definition) is 3. The van der Waals surface area contributed by atoms with E-state index < -0.39 is 5.60 Å². The summed E-state index contributed by atoms with van der Waals surface area (Å²) in [6.07, 6.45) is 7.41. The Morgan fingerprint density at radius 1 is 1.33 bits per heavy atom. The molecule has 2 N–H and O–H groups in total. The Morgan fingerprint density at radius 3 is 2.61 bits per heavy atom. The molecule has 18 heavy (non-hydrogen) atoms. The Bertz CT molecular complexity index is 310. The van der Waals surface area contributed by atoms with Gasteiger partial charge in [-0.2, -0.15) is 0 Å². The number of hydrogen-bond donors (Lipinski definition) is 2. The Labute approximate surface area is 110 Å². The molecule has 0 aromatic rings. The summed E-state index contributed by atoms with van der Waals surface area (Å²) in [6.45, 7) is 5.84. The zero-order valence-corrected chi connectivity index (χ0v) is 11.7. The van der Waals surface area contributed by atoms with Crippen LogP contribution in [0.2, 0.25) is 0 Å². The maximum atomic E-state index is 10.4. The molecule has 104 valence electrons. The van der Waals surface area contributed by atoms with E-state index in [0.717, 1.165) is 26.0 Å². The van der Waals surface area contributed by atoms with Gasteiger partial charge in [-0.1, -0.05) is 20.3 Å². The Morgan fingerprint density at radius 2 is 2.06 bits per heavy atom. The molecule has 0 radical (unpaired) electrons. The minimum Gasteiger partial charge on any atom is -0.389 e. The molecule has 3 atom stereocenters. The molecule has 3 rings (SSSR count). The molecule has 0 bridgehead atoms. The van der Waals surface area contributed by atoms with Crippen molar-refractivity contribution < 1.29 is 9.84 Å². The molecule has 3 aliphatic rings. The minimum absolute atomic E-state index is 0.434. The second-order valence-corrected chi connectivity index (χ2v) is 6.62. The SMILES string of the molecule is CCC(O)(CC)CNC1C2CCOC2C12CCC2. The molecule has 0 aromatic heterocycles. The third-order valence-electron chi connectivity index (χ3n) is 6.00. The highest BCUT2D eigenvalue weighted by Gasteiger charge is 2.66. The second kappa shape index (κ2) is 4.46. The molecule has 3 nitrogen and oxygen atoms in total. The summed E-state index contributed by atoms with van der Waals surface area (Å²) in [7, 11) is 0. The Hall–Kier alpha value is -0.120. The van der Waals surface area contributed by atoms with Gasteiger partial charge in [0.1, 0.15) is 0 Å². The van der Waals surface area contributed by atoms with Crippen LogP contribution in [0.4, 0.5) is 0 Å². The van der Waals surface area contributed by atoms with Crippen LogP contribution >= 0.6 is 0 Å². The van der Waals surface area contributed by atoms with E-state index in [9.17, 15) is 5.11 Å². The van der Waals surface area contributed by atoms with Crippen molar-refractivity contribution in [3.63, 3.8) is 0 Å². The minimum atomic E-state index is -0.518. The fourth-order valence-electron chi connectivity index (χ4n) is 4.36. The van der Waals surface area contributed by atoms with Crippen LogP contribution in [0, 0.1) is 11.3 Å². The van der Waals surface area contributed by atoms with Crippen molar-refractivity contribution >= 4 is 0 Å². The Kier molecular flexibility index (Phi) is 3.20. The molecule has 3 fully saturated rings. The van der Waals surface area contributed by atoms with Crippen molar-refractivity contribution in [1.82, 2.24) is 5.32 Å². The average Bonchev–Trinajstić information content (AvgIpc) is 2.72. The first-order valence-electron chi connectivity index (χ1n) is 7.72. The van der Waals surface area contributed by atoms with E-state index in [2.05, 4.69) is 19.2 Å². The van der Waals surface area contributed by atoms with E-state index in [1.165, 1.54) is 25.7 Å². The third-order valence-corrected chi connectivity index (χ3v) is 6.00. The van der Waals surface area contributed by atoms with E-state index >= 15 is 0 Å². The van der Waals surface area contributed by atoms with Crippen molar-refractivity contribution in [3.05, 3.63) is 0 Å². The first-order valence-corrected chi connectivity index (χ1v) is 7.72. The number of rotatable bonds is 5. The lowest BCUT2D eigenvalue weighted by Gasteiger charge is -2.63.